The molecule has 84 valence electrons. The fourth-order valence-electron chi connectivity index (χ4n) is 2.18. The maximum absolute atomic E-state index is 5.81. The highest BCUT2D eigenvalue weighted by atomic mass is 15.3. The number of hydrogen-bond donors (Lipinski definition) is 1. The van der Waals surface area contributed by atoms with E-state index in [-0.39, 0.29) is 5.54 Å². The van der Waals surface area contributed by atoms with E-state index in [4.69, 9.17) is 5.73 Å². The van der Waals surface area contributed by atoms with Gasteiger partial charge in [0.15, 0.2) is 0 Å². The van der Waals surface area contributed by atoms with E-state index in [1.54, 1.807) is 0 Å². The first kappa shape index (κ1) is 12.0. The van der Waals surface area contributed by atoms with E-state index in [9.17, 15) is 0 Å². The van der Waals surface area contributed by atoms with Gasteiger partial charge in [0.1, 0.15) is 0 Å². The van der Waals surface area contributed by atoms with Gasteiger partial charge in [-0.15, -0.1) is 0 Å². The molecule has 1 aliphatic rings. The lowest BCUT2D eigenvalue weighted by Gasteiger charge is -2.51. The van der Waals surface area contributed by atoms with E-state index in [1.165, 1.54) is 0 Å². The van der Waals surface area contributed by atoms with Gasteiger partial charge in [-0.3, -0.25) is 9.80 Å². The molecule has 2 N–H and O–H groups in total. The second kappa shape index (κ2) is 4.17. The molecule has 1 rings (SSSR count). The van der Waals surface area contributed by atoms with Gasteiger partial charge >= 0.3 is 0 Å². The highest BCUT2D eigenvalue weighted by molar-refractivity contribution is 4.94. The average molecular weight is 199 g/mol. The Labute approximate surface area is 88.2 Å². The first-order valence-electron chi connectivity index (χ1n) is 5.55. The van der Waals surface area contributed by atoms with Crippen molar-refractivity contribution in [1.82, 2.24) is 9.80 Å². The molecule has 14 heavy (non-hydrogen) atoms. The van der Waals surface area contributed by atoms with E-state index >= 15 is 0 Å². The zero-order valence-electron chi connectivity index (χ0n) is 10.2. The van der Waals surface area contributed by atoms with Crippen LogP contribution in [0.5, 0.6) is 0 Å². The first-order chi connectivity index (χ1) is 6.38. The van der Waals surface area contributed by atoms with E-state index in [1.807, 2.05) is 0 Å². The summed E-state index contributed by atoms with van der Waals surface area (Å²) in [6.45, 7) is 12.1. The van der Waals surface area contributed by atoms with Gasteiger partial charge in [0.2, 0.25) is 0 Å². The van der Waals surface area contributed by atoms with Crippen molar-refractivity contribution in [2.45, 2.75) is 45.3 Å². The van der Waals surface area contributed by atoms with Crippen LogP contribution >= 0.6 is 0 Å². The monoisotopic (exact) mass is 199 g/mol. The molecule has 0 aromatic heterocycles. The number of likely N-dealkylation sites (N-methyl/N-ethyl adjacent to an activating group) is 1. The molecule has 1 saturated heterocycles. The topological polar surface area (TPSA) is 32.5 Å². The lowest BCUT2D eigenvalue weighted by molar-refractivity contribution is -0.0141. The lowest BCUT2D eigenvalue weighted by atomic mass is 9.95. The summed E-state index contributed by atoms with van der Waals surface area (Å²) in [5.74, 6) is 0. The van der Waals surface area contributed by atoms with Crippen LogP contribution in [-0.4, -0.2) is 54.1 Å². The highest BCUT2D eigenvalue weighted by Crippen LogP contribution is 2.23. The fourth-order valence-corrected chi connectivity index (χ4v) is 2.18. The van der Waals surface area contributed by atoms with Crippen LogP contribution in [0.1, 0.15) is 27.7 Å². The van der Waals surface area contributed by atoms with Crippen molar-refractivity contribution < 1.29 is 0 Å². The van der Waals surface area contributed by atoms with Crippen LogP contribution in [-0.2, 0) is 0 Å². The number of piperazine rings is 1. The third-order valence-corrected chi connectivity index (χ3v) is 3.49. The summed E-state index contributed by atoms with van der Waals surface area (Å²) in [6.07, 6.45) is 0. The third kappa shape index (κ3) is 2.27. The third-order valence-electron chi connectivity index (χ3n) is 3.49. The summed E-state index contributed by atoms with van der Waals surface area (Å²) in [5.41, 5.74) is 6.09. The largest absolute Gasteiger partial charge is 0.329 e. The molecular weight excluding hydrogens is 174 g/mol. The molecule has 1 aliphatic heterocycles. The number of nitrogens with two attached hydrogens (primary N) is 1. The summed E-state index contributed by atoms with van der Waals surface area (Å²) in [5, 5.41) is 0. The molecule has 1 atom stereocenters. The SMILES string of the molecule is CC(C)N1CC(C)(C)N(C)CC1CN. The quantitative estimate of drug-likeness (QED) is 0.712. The molecule has 1 heterocycles. The van der Waals surface area contributed by atoms with Crippen molar-refractivity contribution in [2.75, 3.05) is 26.7 Å². The lowest BCUT2D eigenvalue weighted by Crippen LogP contribution is -2.65. The Balaban J connectivity index is 2.74. The Morgan fingerprint density at radius 1 is 1.43 bits per heavy atom. The Morgan fingerprint density at radius 2 is 2.00 bits per heavy atom. The Hall–Kier alpha value is -0.120. The van der Waals surface area contributed by atoms with E-state index < -0.39 is 0 Å². The van der Waals surface area contributed by atoms with Crippen molar-refractivity contribution in [2.24, 2.45) is 5.73 Å². The van der Waals surface area contributed by atoms with Gasteiger partial charge in [-0.2, -0.15) is 0 Å². The Morgan fingerprint density at radius 3 is 2.43 bits per heavy atom. The summed E-state index contributed by atoms with van der Waals surface area (Å²) in [4.78, 5) is 4.95. The van der Waals surface area contributed by atoms with Crippen molar-refractivity contribution in [3.8, 4) is 0 Å². The second-order valence-electron chi connectivity index (χ2n) is 5.35. The molecule has 0 radical (unpaired) electrons. The van der Waals surface area contributed by atoms with Crippen LogP contribution in [0.25, 0.3) is 0 Å². The normalized spacial score (nSPS) is 29.8. The molecule has 0 aromatic rings. The average Bonchev–Trinajstić information content (AvgIpc) is 2.08. The zero-order valence-corrected chi connectivity index (χ0v) is 10.2. The minimum atomic E-state index is 0.274. The number of nitrogens with zero attached hydrogens (tertiary/aromatic N) is 2. The molecule has 0 aromatic carbocycles. The Kier molecular flexibility index (Phi) is 3.56. The van der Waals surface area contributed by atoms with Crippen molar-refractivity contribution in [3.63, 3.8) is 0 Å². The van der Waals surface area contributed by atoms with Crippen LogP contribution < -0.4 is 5.73 Å². The summed E-state index contributed by atoms with van der Waals surface area (Å²) >= 11 is 0. The van der Waals surface area contributed by atoms with Crippen LogP contribution in [0, 0.1) is 0 Å². The minimum Gasteiger partial charge on any atom is -0.329 e. The fraction of sp³-hybridized carbons (Fsp3) is 1.00. The standard InChI is InChI=1S/C11H25N3/c1-9(2)14-8-11(3,4)13(5)7-10(14)6-12/h9-10H,6-8,12H2,1-5H3. The van der Waals surface area contributed by atoms with Gasteiger partial charge in [0, 0.05) is 37.3 Å². The van der Waals surface area contributed by atoms with Crippen LogP contribution in [0.4, 0.5) is 0 Å². The van der Waals surface area contributed by atoms with Crippen molar-refractivity contribution >= 4 is 0 Å². The molecule has 3 nitrogen and oxygen atoms in total. The first-order valence-corrected chi connectivity index (χ1v) is 5.55. The van der Waals surface area contributed by atoms with Crippen LogP contribution in [0.3, 0.4) is 0 Å². The zero-order chi connectivity index (χ0) is 10.9. The summed E-state index contributed by atoms with van der Waals surface area (Å²) < 4.78 is 0. The van der Waals surface area contributed by atoms with Crippen molar-refractivity contribution in [3.05, 3.63) is 0 Å². The predicted molar refractivity (Wildman–Crippen MR) is 61.4 cm³/mol. The van der Waals surface area contributed by atoms with E-state index in [0.29, 0.717) is 12.1 Å². The highest BCUT2D eigenvalue weighted by Gasteiger charge is 2.36. The maximum Gasteiger partial charge on any atom is 0.0349 e. The molecule has 0 saturated carbocycles. The van der Waals surface area contributed by atoms with Crippen molar-refractivity contribution in [1.29, 1.82) is 0 Å². The molecule has 0 aliphatic carbocycles. The Bertz CT molecular complexity index is 189. The van der Waals surface area contributed by atoms with E-state index in [2.05, 4.69) is 44.5 Å². The second-order valence-corrected chi connectivity index (χ2v) is 5.35. The van der Waals surface area contributed by atoms with Gasteiger partial charge in [0.25, 0.3) is 0 Å². The predicted octanol–water partition coefficient (Wildman–Crippen LogP) is 0.748. The van der Waals surface area contributed by atoms with E-state index in [0.717, 1.165) is 19.6 Å². The molecule has 0 spiro atoms. The molecule has 1 unspecified atom stereocenters. The van der Waals surface area contributed by atoms with Crippen LogP contribution in [0.2, 0.25) is 0 Å². The molecule has 0 bridgehead atoms. The van der Waals surface area contributed by atoms with Gasteiger partial charge < -0.3 is 5.73 Å². The smallest absolute Gasteiger partial charge is 0.0349 e. The molecule has 1 fully saturated rings. The molecule has 3 heteroatoms. The number of rotatable bonds is 2. The number of hydrogen-bond acceptors (Lipinski definition) is 3. The maximum atomic E-state index is 5.81. The molecule has 0 amide bonds. The summed E-state index contributed by atoms with van der Waals surface area (Å²) in [7, 11) is 2.19. The van der Waals surface area contributed by atoms with Gasteiger partial charge in [0.05, 0.1) is 0 Å². The summed E-state index contributed by atoms with van der Waals surface area (Å²) in [6, 6.07) is 1.12. The molecular formula is C11H25N3. The van der Waals surface area contributed by atoms with Gasteiger partial charge in [-0.05, 0) is 34.7 Å². The minimum absolute atomic E-state index is 0.274. The van der Waals surface area contributed by atoms with Gasteiger partial charge in [-0.25, -0.2) is 0 Å². The van der Waals surface area contributed by atoms with Crippen LogP contribution in [0.15, 0.2) is 0 Å². The van der Waals surface area contributed by atoms with Gasteiger partial charge in [-0.1, -0.05) is 0 Å².